The van der Waals surface area contributed by atoms with Crippen LogP contribution in [-0.2, 0) is 26.6 Å². The second-order valence-electron chi connectivity index (χ2n) is 7.41. The molecule has 31 heavy (non-hydrogen) atoms. The van der Waals surface area contributed by atoms with E-state index in [1.54, 1.807) is 23.7 Å². The fourth-order valence-electron chi connectivity index (χ4n) is 3.68. The van der Waals surface area contributed by atoms with Crippen LogP contribution in [0, 0.1) is 0 Å². The number of fused-ring (bicyclic) bond motifs is 2. The summed E-state index contributed by atoms with van der Waals surface area (Å²) in [5.41, 5.74) is 0.698. The van der Waals surface area contributed by atoms with Gasteiger partial charge in [-0.15, -0.1) is 0 Å². The number of nitrogens with zero attached hydrogens (tertiary/aromatic N) is 3. The van der Waals surface area contributed by atoms with E-state index in [0.29, 0.717) is 34.9 Å². The zero-order valence-corrected chi connectivity index (χ0v) is 17.7. The lowest BCUT2D eigenvalue weighted by Gasteiger charge is -2.08. The molecular formula is C22H24N4O5. The van der Waals surface area contributed by atoms with Gasteiger partial charge in [-0.3, -0.25) is 14.3 Å². The molecule has 0 aliphatic rings. The summed E-state index contributed by atoms with van der Waals surface area (Å²) in [7, 11) is 1.71. The number of unbranched alkanes of at least 4 members (excludes halogenated alkanes) is 1. The summed E-state index contributed by atoms with van der Waals surface area (Å²) in [5, 5.41) is 0.864. The van der Waals surface area contributed by atoms with Crippen LogP contribution < -0.4 is 21.6 Å². The van der Waals surface area contributed by atoms with Gasteiger partial charge in [-0.05, 0) is 30.5 Å². The quantitative estimate of drug-likeness (QED) is 0.456. The maximum absolute atomic E-state index is 12.4. The van der Waals surface area contributed by atoms with E-state index in [1.165, 1.54) is 10.6 Å². The lowest BCUT2D eigenvalue weighted by atomic mass is 10.1. The Bertz CT molecular complexity index is 1440. The molecule has 0 radical (unpaired) electrons. The van der Waals surface area contributed by atoms with Crippen LogP contribution in [0.2, 0.25) is 0 Å². The van der Waals surface area contributed by atoms with E-state index >= 15 is 0 Å². The van der Waals surface area contributed by atoms with Gasteiger partial charge in [0, 0.05) is 31.1 Å². The molecule has 0 saturated carbocycles. The molecule has 0 fully saturated rings. The van der Waals surface area contributed by atoms with Crippen molar-refractivity contribution < 1.29 is 9.15 Å². The van der Waals surface area contributed by atoms with E-state index in [4.69, 9.17) is 9.15 Å². The number of rotatable bonds is 7. The summed E-state index contributed by atoms with van der Waals surface area (Å²) in [4.78, 5) is 43.3. The minimum atomic E-state index is -0.478. The molecule has 4 rings (SSSR count). The summed E-state index contributed by atoms with van der Waals surface area (Å²) >= 11 is 0. The third-order valence-electron chi connectivity index (χ3n) is 5.39. The number of aromatic amines is 1. The van der Waals surface area contributed by atoms with E-state index in [2.05, 4.69) is 9.97 Å². The van der Waals surface area contributed by atoms with E-state index < -0.39 is 16.9 Å². The number of imidazole rings is 1. The van der Waals surface area contributed by atoms with Crippen LogP contribution in [0.4, 0.5) is 0 Å². The first kappa shape index (κ1) is 20.6. The van der Waals surface area contributed by atoms with Crippen LogP contribution in [0.3, 0.4) is 0 Å². The van der Waals surface area contributed by atoms with Gasteiger partial charge in [-0.2, -0.15) is 0 Å². The minimum Gasteiger partial charge on any atom is -0.486 e. The molecule has 162 valence electrons. The third-order valence-corrected chi connectivity index (χ3v) is 5.39. The normalized spacial score (nSPS) is 11.5. The molecular weight excluding hydrogens is 400 g/mol. The van der Waals surface area contributed by atoms with Crippen LogP contribution in [0.25, 0.3) is 22.1 Å². The summed E-state index contributed by atoms with van der Waals surface area (Å²) < 4.78 is 14.3. The van der Waals surface area contributed by atoms with Gasteiger partial charge < -0.3 is 13.7 Å². The van der Waals surface area contributed by atoms with Crippen LogP contribution >= 0.6 is 0 Å². The zero-order valence-electron chi connectivity index (χ0n) is 17.7. The molecule has 3 heterocycles. The van der Waals surface area contributed by atoms with E-state index in [9.17, 15) is 14.4 Å². The Morgan fingerprint density at radius 1 is 1.16 bits per heavy atom. The van der Waals surface area contributed by atoms with Crippen molar-refractivity contribution in [2.75, 3.05) is 0 Å². The Labute approximate surface area is 176 Å². The number of ether oxygens (including phenoxy) is 1. The Morgan fingerprint density at radius 3 is 2.71 bits per heavy atom. The number of hydrogen-bond donors (Lipinski definition) is 1. The molecule has 0 aliphatic carbocycles. The van der Waals surface area contributed by atoms with E-state index in [-0.39, 0.29) is 6.61 Å². The molecule has 1 N–H and O–H groups in total. The van der Waals surface area contributed by atoms with Crippen molar-refractivity contribution >= 4 is 22.1 Å². The highest BCUT2D eigenvalue weighted by molar-refractivity contribution is 5.81. The maximum atomic E-state index is 12.4. The monoisotopic (exact) mass is 424 g/mol. The maximum Gasteiger partial charge on any atom is 0.336 e. The number of nitrogens with one attached hydrogen (secondary N) is 1. The predicted octanol–water partition coefficient (Wildman–Crippen LogP) is 2.47. The Balaban J connectivity index is 1.68. The number of benzene rings is 1. The van der Waals surface area contributed by atoms with Crippen LogP contribution in [0.5, 0.6) is 5.75 Å². The van der Waals surface area contributed by atoms with E-state index in [0.717, 1.165) is 30.2 Å². The average molecular weight is 424 g/mol. The molecule has 0 unspecified atom stereocenters. The second kappa shape index (κ2) is 8.25. The molecule has 9 nitrogen and oxygen atoms in total. The number of aromatic nitrogens is 4. The van der Waals surface area contributed by atoms with Crippen molar-refractivity contribution in [2.24, 2.45) is 7.05 Å². The first-order valence-corrected chi connectivity index (χ1v) is 10.3. The van der Waals surface area contributed by atoms with Gasteiger partial charge in [0.2, 0.25) is 0 Å². The van der Waals surface area contributed by atoms with Crippen molar-refractivity contribution in [3.63, 3.8) is 0 Å². The van der Waals surface area contributed by atoms with Gasteiger partial charge in [0.1, 0.15) is 23.8 Å². The van der Waals surface area contributed by atoms with Crippen molar-refractivity contribution in [1.29, 1.82) is 0 Å². The van der Waals surface area contributed by atoms with Crippen LogP contribution in [0.15, 0.2) is 43.1 Å². The number of hydrogen-bond acceptors (Lipinski definition) is 6. The van der Waals surface area contributed by atoms with Crippen molar-refractivity contribution in [1.82, 2.24) is 19.1 Å². The highest BCUT2D eigenvalue weighted by Crippen LogP contribution is 2.24. The van der Waals surface area contributed by atoms with Crippen LogP contribution in [-0.4, -0.2) is 19.1 Å². The SMILES string of the molecule is CCCCn1c(=O)[nH]c(=O)c2c1nc(COc1ccc3c(CC)cc(=O)oc3c1)n2C. The van der Waals surface area contributed by atoms with Gasteiger partial charge in [0.15, 0.2) is 11.2 Å². The minimum absolute atomic E-state index is 0.0792. The Morgan fingerprint density at radius 2 is 1.97 bits per heavy atom. The van der Waals surface area contributed by atoms with Crippen molar-refractivity contribution in [3.05, 3.63) is 66.9 Å². The first-order chi connectivity index (χ1) is 14.9. The molecule has 0 atom stereocenters. The molecule has 0 amide bonds. The summed E-state index contributed by atoms with van der Waals surface area (Å²) in [6, 6.07) is 6.82. The number of aryl methyl sites for hydroxylation is 3. The highest BCUT2D eigenvalue weighted by Gasteiger charge is 2.17. The van der Waals surface area contributed by atoms with Gasteiger partial charge in [-0.25, -0.2) is 14.6 Å². The summed E-state index contributed by atoms with van der Waals surface area (Å²) in [6.45, 7) is 4.56. The topological polar surface area (TPSA) is 112 Å². The van der Waals surface area contributed by atoms with Gasteiger partial charge >= 0.3 is 11.3 Å². The predicted molar refractivity (Wildman–Crippen MR) is 117 cm³/mol. The fraction of sp³-hybridized carbons (Fsp3) is 0.364. The lowest BCUT2D eigenvalue weighted by molar-refractivity contribution is 0.292. The van der Waals surface area contributed by atoms with Gasteiger partial charge in [0.25, 0.3) is 5.56 Å². The van der Waals surface area contributed by atoms with Gasteiger partial charge in [0.05, 0.1) is 0 Å². The largest absolute Gasteiger partial charge is 0.486 e. The fourth-order valence-corrected chi connectivity index (χ4v) is 3.68. The molecule has 9 heteroatoms. The van der Waals surface area contributed by atoms with Crippen molar-refractivity contribution in [2.45, 2.75) is 46.3 Å². The molecule has 0 spiro atoms. The van der Waals surface area contributed by atoms with E-state index in [1.807, 2.05) is 19.9 Å². The number of H-pyrrole nitrogens is 1. The third kappa shape index (κ3) is 3.78. The average Bonchev–Trinajstić information content (AvgIpc) is 3.07. The summed E-state index contributed by atoms with van der Waals surface area (Å²) in [5.74, 6) is 1.01. The first-order valence-electron chi connectivity index (χ1n) is 10.3. The molecule has 0 aliphatic heterocycles. The molecule has 4 aromatic rings. The molecule has 0 saturated heterocycles. The van der Waals surface area contributed by atoms with Crippen LogP contribution in [0.1, 0.15) is 38.1 Å². The zero-order chi connectivity index (χ0) is 22.1. The smallest absolute Gasteiger partial charge is 0.336 e. The standard InChI is InChI=1S/C22H24N4O5/c1-4-6-9-26-20-19(21(28)24-22(26)29)25(3)17(23-20)12-30-14-7-8-15-13(5-2)10-18(27)31-16(15)11-14/h7-8,10-11H,4-6,9,12H2,1-3H3,(H,24,28,29). The molecule has 3 aromatic heterocycles. The van der Waals surface area contributed by atoms with Crippen molar-refractivity contribution in [3.8, 4) is 5.75 Å². The summed E-state index contributed by atoms with van der Waals surface area (Å²) in [6.07, 6.45) is 2.43. The highest BCUT2D eigenvalue weighted by atomic mass is 16.5. The Kier molecular flexibility index (Phi) is 5.50. The second-order valence-corrected chi connectivity index (χ2v) is 7.41. The van der Waals surface area contributed by atoms with Gasteiger partial charge in [-0.1, -0.05) is 20.3 Å². The lowest BCUT2D eigenvalue weighted by Crippen LogP contribution is -2.31. The molecule has 1 aromatic carbocycles. The molecule has 0 bridgehead atoms. The Hall–Kier alpha value is -3.62.